The first kappa shape index (κ1) is 12.8. The molecule has 0 spiro atoms. The Balaban J connectivity index is 2.35. The second-order valence-electron chi connectivity index (χ2n) is 4.38. The lowest BCUT2D eigenvalue weighted by Crippen LogP contribution is -2.21. The molecule has 94 valence electrons. The van der Waals surface area contributed by atoms with Crippen molar-refractivity contribution in [1.82, 2.24) is 0 Å². The molecule has 2 rings (SSSR count). The molecule has 18 heavy (non-hydrogen) atoms. The molecule has 0 saturated heterocycles. The van der Waals surface area contributed by atoms with Gasteiger partial charge >= 0.3 is 0 Å². The molecule has 2 aromatic rings. The smallest absolute Gasteiger partial charge is 0.0671 e. The first-order valence-corrected chi connectivity index (χ1v) is 6.21. The molecule has 0 aliphatic rings. The van der Waals surface area contributed by atoms with Crippen LogP contribution in [0, 0.1) is 0 Å². The average Bonchev–Trinajstić information content (AvgIpc) is 2.42. The minimum absolute atomic E-state index is 0.00265. The van der Waals surface area contributed by atoms with Gasteiger partial charge in [-0.15, -0.1) is 0 Å². The number of benzene rings is 2. The summed E-state index contributed by atoms with van der Waals surface area (Å²) < 4.78 is 0. The van der Waals surface area contributed by atoms with Crippen molar-refractivity contribution in [2.75, 3.05) is 6.61 Å². The zero-order valence-corrected chi connectivity index (χ0v) is 10.2. The van der Waals surface area contributed by atoms with Crippen molar-refractivity contribution in [3.05, 3.63) is 71.8 Å². The van der Waals surface area contributed by atoms with Crippen molar-refractivity contribution < 1.29 is 10.2 Å². The van der Waals surface area contributed by atoms with Crippen LogP contribution in [-0.2, 0) is 0 Å². The Morgan fingerprint density at radius 2 is 1.22 bits per heavy atom. The van der Waals surface area contributed by atoms with Gasteiger partial charge in [-0.2, -0.15) is 0 Å². The Hall–Kier alpha value is -1.64. The van der Waals surface area contributed by atoms with Gasteiger partial charge in [0.05, 0.1) is 6.10 Å². The number of aliphatic hydroxyl groups is 2. The minimum atomic E-state index is -0.570. The van der Waals surface area contributed by atoms with Gasteiger partial charge in [0.15, 0.2) is 0 Å². The van der Waals surface area contributed by atoms with Crippen LogP contribution in [-0.4, -0.2) is 22.9 Å². The van der Waals surface area contributed by atoms with Crippen LogP contribution in [0.25, 0.3) is 0 Å². The lowest BCUT2D eigenvalue weighted by atomic mass is 9.85. The standard InChI is InChI=1S/C16H18O2/c17-12-11-15(18)16(13-7-3-1-4-8-13)14-9-5-2-6-10-14/h1-10,15-18H,11-12H2. The number of hydrogen-bond acceptors (Lipinski definition) is 2. The third-order valence-electron chi connectivity index (χ3n) is 3.13. The molecule has 2 aromatic carbocycles. The summed E-state index contributed by atoms with van der Waals surface area (Å²) >= 11 is 0. The van der Waals surface area contributed by atoms with E-state index in [0.29, 0.717) is 6.42 Å². The SMILES string of the molecule is OCCC(O)C(c1ccccc1)c1ccccc1. The molecule has 0 amide bonds. The molecule has 2 heteroatoms. The van der Waals surface area contributed by atoms with E-state index in [9.17, 15) is 5.11 Å². The fraction of sp³-hybridized carbons (Fsp3) is 0.250. The highest BCUT2D eigenvalue weighted by molar-refractivity contribution is 5.33. The Kier molecular flexibility index (Phi) is 4.51. The first-order valence-electron chi connectivity index (χ1n) is 6.21. The Morgan fingerprint density at radius 1 is 0.778 bits per heavy atom. The molecule has 0 heterocycles. The van der Waals surface area contributed by atoms with Gasteiger partial charge in [0.2, 0.25) is 0 Å². The summed E-state index contributed by atoms with van der Waals surface area (Å²) in [5.74, 6) is -0.0838. The molecular formula is C16H18O2. The van der Waals surface area contributed by atoms with Crippen molar-refractivity contribution in [2.24, 2.45) is 0 Å². The largest absolute Gasteiger partial charge is 0.396 e. The van der Waals surface area contributed by atoms with Gasteiger partial charge in [-0.1, -0.05) is 60.7 Å². The summed E-state index contributed by atoms with van der Waals surface area (Å²) in [6.07, 6.45) is -0.186. The maximum absolute atomic E-state index is 10.3. The van der Waals surface area contributed by atoms with E-state index >= 15 is 0 Å². The summed E-state index contributed by atoms with van der Waals surface area (Å²) in [4.78, 5) is 0. The highest BCUT2D eigenvalue weighted by Gasteiger charge is 2.22. The molecule has 0 bridgehead atoms. The van der Waals surface area contributed by atoms with Crippen molar-refractivity contribution in [3.63, 3.8) is 0 Å². The van der Waals surface area contributed by atoms with Crippen molar-refractivity contribution in [3.8, 4) is 0 Å². The van der Waals surface area contributed by atoms with Crippen LogP contribution >= 0.6 is 0 Å². The fourth-order valence-corrected chi connectivity index (χ4v) is 2.26. The van der Waals surface area contributed by atoms with Crippen molar-refractivity contribution in [2.45, 2.75) is 18.4 Å². The molecule has 0 fully saturated rings. The van der Waals surface area contributed by atoms with Crippen molar-refractivity contribution >= 4 is 0 Å². The minimum Gasteiger partial charge on any atom is -0.396 e. The molecule has 0 radical (unpaired) electrons. The van der Waals surface area contributed by atoms with E-state index < -0.39 is 6.10 Å². The van der Waals surface area contributed by atoms with Gasteiger partial charge < -0.3 is 10.2 Å². The lowest BCUT2D eigenvalue weighted by molar-refractivity contribution is 0.118. The van der Waals surface area contributed by atoms with E-state index in [0.717, 1.165) is 11.1 Å². The Bertz CT molecular complexity index is 414. The lowest BCUT2D eigenvalue weighted by Gasteiger charge is -2.23. The number of rotatable bonds is 5. The molecule has 1 unspecified atom stereocenters. The highest BCUT2D eigenvalue weighted by atomic mass is 16.3. The van der Waals surface area contributed by atoms with Gasteiger partial charge in [-0.05, 0) is 17.5 Å². The van der Waals surface area contributed by atoms with E-state index in [2.05, 4.69) is 0 Å². The summed E-state index contributed by atoms with van der Waals surface area (Å²) in [5, 5.41) is 19.3. The van der Waals surface area contributed by atoms with Gasteiger partial charge in [0.1, 0.15) is 0 Å². The zero-order chi connectivity index (χ0) is 12.8. The molecule has 2 N–H and O–H groups in total. The van der Waals surface area contributed by atoms with Crippen molar-refractivity contribution in [1.29, 1.82) is 0 Å². The van der Waals surface area contributed by atoms with Crippen LogP contribution in [0.3, 0.4) is 0 Å². The van der Waals surface area contributed by atoms with Gasteiger partial charge in [0.25, 0.3) is 0 Å². The van der Waals surface area contributed by atoms with E-state index in [1.165, 1.54) is 0 Å². The van der Waals surface area contributed by atoms with Gasteiger partial charge in [0, 0.05) is 12.5 Å². The summed E-state index contributed by atoms with van der Waals surface area (Å²) in [6, 6.07) is 19.8. The predicted octanol–water partition coefficient (Wildman–Crippen LogP) is 2.56. The average molecular weight is 242 g/mol. The first-order chi connectivity index (χ1) is 8.83. The van der Waals surface area contributed by atoms with Gasteiger partial charge in [-0.25, -0.2) is 0 Å². The van der Waals surface area contributed by atoms with E-state index in [1.807, 2.05) is 60.7 Å². The van der Waals surface area contributed by atoms with E-state index in [1.54, 1.807) is 0 Å². The maximum atomic E-state index is 10.3. The van der Waals surface area contributed by atoms with Crippen LogP contribution in [0.1, 0.15) is 23.5 Å². The topological polar surface area (TPSA) is 40.5 Å². The Labute approximate surface area is 108 Å². The van der Waals surface area contributed by atoms with Crippen LogP contribution in [0.15, 0.2) is 60.7 Å². The second-order valence-corrected chi connectivity index (χ2v) is 4.38. The van der Waals surface area contributed by atoms with Crippen LogP contribution in [0.5, 0.6) is 0 Å². The fourth-order valence-electron chi connectivity index (χ4n) is 2.26. The number of aliphatic hydroxyl groups excluding tert-OH is 2. The quantitative estimate of drug-likeness (QED) is 0.846. The molecular weight excluding hydrogens is 224 g/mol. The second kappa shape index (κ2) is 6.34. The van der Waals surface area contributed by atoms with E-state index in [-0.39, 0.29) is 12.5 Å². The van der Waals surface area contributed by atoms with Crippen LogP contribution in [0.2, 0.25) is 0 Å². The predicted molar refractivity (Wildman–Crippen MR) is 72.4 cm³/mol. The molecule has 1 atom stereocenters. The molecule has 0 aromatic heterocycles. The summed E-state index contributed by atoms with van der Waals surface area (Å²) in [6.45, 7) is -0.00265. The zero-order valence-electron chi connectivity index (χ0n) is 10.2. The third-order valence-corrected chi connectivity index (χ3v) is 3.13. The van der Waals surface area contributed by atoms with Crippen LogP contribution in [0.4, 0.5) is 0 Å². The maximum Gasteiger partial charge on any atom is 0.0671 e. The molecule has 0 aliphatic carbocycles. The molecule has 0 saturated carbocycles. The molecule has 0 aliphatic heterocycles. The normalized spacial score (nSPS) is 12.6. The number of hydrogen-bond donors (Lipinski definition) is 2. The molecule has 2 nitrogen and oxygen atoms in total. The summed E-state index contributed by atoms with van der Waals surface area (Å²) in [7, 11) is 0. The summed E-state index contributed by atoms with van der Waals surface area (Å²) in [5.41, 5.74) is 2.15. The van der Waals surface area contributed by atoms with Crippen LogP contribution < -0.4 is 0 Å². The highest BCUT2D eigenvalue weighted by Crippen LogP contribution is 2.29. The van der Waals surface area contributed by atoms with E-state index in [4.69, 9.17) is 5.11 Å². The third kappa shape index (κ3) is 2.97. The Morgan fingerprint density at radius 3 is 1.61 bits per heavy atom. The monoisotopic (exact) mass is 242 g/mol. The van der Waals surface area contributed by atoms with Gasteiger partial charge in [-0.3, -0.25) is 0 Å².